The van der Waals surface area contributed by atoms with Gasteiger partial charge in [-0.1, -0.05) is 18.9 Å². The number of nitrogens with one attached hydrogen (secondary N) is 2. The van der Waals surface area contributed by atoms with Gasteiger partial charge in [0.1, 0.15) is 0 Å². The lowest BCUT2D eigenvalue weighted by atomic mass is 9.92. The second-order valence-electron chi connectivity index (χ2n) is 5.91. The molecule has 2 atom stereocenters. The number of aryl methyl sites for hydroxylation is 1. The van der Waals surface area contributed by atoms with E-state index in [4.69, 9.17) is 0 Å². The summed E-state index contributed by atoms with van der Waals surface area (Å²) in [6, 6.07) is 2.40. The molecule has 0 heterocycles. The van der Waals surface area contributed by atoms with Crippen molar-refractivity contribution < 1.29 is 27.9 Å². The zero-order valence-electron chi connectivity index (χ0n) is 13.1. The molecule has 0 radical (unpaired) electrons. The summed E-state index contributed by atoms with van der Waals surface area (Å²) < 4.78 is 38.2. The van der Waals surface area contributed by atoms with Crippen LogP contribution in [0.3, 0.4) is 0 Å². The SMILES string of the molecule is Cc1ccc(C(F)(F)F)cc1NC(=O)C(=O)NC1CCCCC1O. The Morgan fingerprint density at radius 3 is 2.46 bits per heavy atom. The molecule has 2 rings (SSSR count). The number of carbonyl (C=O) groups is 2. The summed E-state index contributed by atoms with van der Waals surface area (Å²) in [4.78, 5) is 23.8. The molecule has 1 aliphatic carbocycles. The molecule has 1 saturated carbocycles. The number of anilines is 1. The van der Waals surface area contributed by atoms with E-state index >= 15 is 0 Å². The lowest BCUT2D eigenvalue weighted by molar-refractivity contribution is -0.137. The van der Waals surface area contributed by atoms with E-state index in [1.807, 2.05) is 0 Å². The van der Waals surface area contributed by atoms with E-state index < -0.39 is 35.7 Å². The minimum Gasteiger partial charge on any atom is -0.391 e. The van der Waals surface area contributed by atoms with Crippen LogP contribution in [0.5, 0.6) is 0 Å². The smallest absolute Gasteiger partial charge is 0.391 e. The fourth-order valence-electron chi connectivity index (χ4n) is 2.63. The van der Waals surface area contributed by atoms with Crippen molar-refractivity contribution in [1.82, 2.24) is 5.32 Å². The van der Waals surface area contributed by atoms with E-state index in [1.165, 1.54) is 13.0 Å². The van der Waals surface area contributed by atoms with Crippen molar-refractivity contribution in [2.75, 3.05) is 5.32 Å². The van der Waals surface area contributed by atoms with Crippen LogP contribution in [0, 0.1) is 6.92 Å². The lowest BCUT2D eigenvalue weighted by Gasteiger charge is -2.28. The van der Waals surface area contributed by atoms with Crippen LogP contribution >= 0.6 is 0 Å². The van der Waals surface area contributed by atoms with Crippen LogP contribution in [0.2, 0.25) is 0 Å². The predicted octanol–water partition coefficient (Wildman–Crippen LogP) is 2.37. The van der Waals surface area contributed by atoms with E-state index in [1.54, 1.807) is 0 Å². The maximum absolute atomic E-state index is 12.7. The van der Waals surface area contributed by atoms with Crippen molar-refractivity contribution in [2.45, 2.75) is 50.9 Å². The van der Waals surface area contributed by atoms with E-state index in [0.29, 0.717) is 18.4 Å². The molecule has 24 heavy (non-hydrogen) atoms. The fraction of sp³-hybridized carbons (Fsp3) is 0.500. The highest BCUT2D eigenvalue weighted by atomic mass is 19.4. The Balaban J connectivity index is 2.04. The Morgan fingerprint density at radius 2 is 1.83 bits per heavy atom. The van der Waals surface area contributed by atoms with Crippen LogP contribution in [0.15, 0.2) is 18.2 Å². The van der Waals surface area contributed by atoms with Gasteiger partial charge in [0.05, 0.1) is 17.7 Å². The van der Waals surface area contributed by atoms with Gasteiger partial charge in [0.25, 0.3) is 0 Å². The molecule has 0 bridgehead atoms. The van der Waals surface area contributed by atoms with Gasteiger partial charge in [-0.15, -0.1) is 0 Å². The average molecular weight is 344 g/mol. The van der Waals surface area contributed by atoms with Crippen molar-refractivity contribution >= 4 is 17.5 Å². The van der Waals surface area contributed by atoms with Crippen molar-refractivity contribution in [3.63, 3.8) is 0 Å². The van der Waals surface area contributed by atoms with Gasteiger partial charge in [-0.3, -0.25) is 9.59 Å². The van der Waals surface area contributed by atoms with Gasteiger partial charge < -0.3 is 15.7 Å². The molecule has 2 amide bonds. The molecule has 8 heteroatoms. The topological polar surface area (TPSA) is 78.4 Å². The van der Waals surface area contributed by atoms with E-state index in [0.717, 1.165) is 25.0 Å². The van der Waals surface area contributed by atoms with Crippen LogP contribution in [-0.2, 0) is 15.8 Å². The summed E-state index contributed by atoms with van der Waals surface area (Å²) in [5.41, 5.74) is -0.581. The first-order chi connectivity index (χ1) is 11.2. The first-order valence-electron chi connectivity index (χ1n) is 7.66. The highest BCUT2D eigenvalue weighted by Gasteiger charge is 2.31. The number of amides is 2. The molecule has 0 spiro atoms. The maximum atomic E-state index is 12.7. The van der Waals surface area contributed by atoms with Gasteiger partial charge in [0.15, 0.2) is 0 Å². The van der Waals surface area contributed by atoms with Gasteiger partial charge >= 0.3 is 18.0 Å². The molecule has 0 aliphatic heterocycles. The summed E-state index contributed by atoms with van der Waals surface area (Å²) in [5.74, 6) is -2.03. The van der Waals surface area contributed by atoms with E-state index in [9.17, 15) is 27.9 Å². The summed E-state index contributed by atoms with van der Waals surface area (Å²) in [5, 5.41) is 14.4. The number of alkyl halides is 3. The van der Waals surface area contributed by atoms with E-state index in [2.05, 4.69) is 10.6 Å². The molecule has 1 aromatic rings. The fourth-order valence-corrected chi connectivity index (χ4v) is 2.63. The zero-order valence-corrected chi connectivity index (χ0v) is 13.1. The van der Waals surface area contributed by atoms with Crippen LogP contribution in [0.25, 0.3) is 0 Å². The molecular weight excluding hydrogens is 325 g/mol. The van der Waals surface area contributed by atoms with Gasteiger partial charge in [-0.2, -0.15) is 13.2 Å². The second kappa shape index (κ2) is 7.21. The highest BCUT2D eigenvalue weighted by molar-refractivity contribution is 6.39. The third-order valence-electron chi connectivity index (χ3n) is 4.07. The largest absolute Gasteiger partial charge is 0.416 e. The molecule has 1 aliphatic rings. The van der Waals surface area contributed by atoms with Crippen molar-refractivity contribution in [1.29, 1.82) is 0 Å². The molecule has 0 aromatic heterocycles. The standard InChI is InChI=1S/C16H19F3N2O3/c1-9-6-7-10(16(17,18)19)8-12(9)21-15(24)14(23)20-11-4-2-3-5-13(11)22/h6-8,11,13,22H,2-5H2,1H3,(H,20,23)(H,21,24). The Bertz CT molecular complexity index is 631. The summed E-state index contributed by atoms with van der Waals surface area (Å²) in [6.07, 6.45) is -2.48. The number of aliphatic hydroxyl groups excluding tert-OH is 1. The van der Waals surface area contributed by atoms with Gasteiger partial charge in [-0.25, -0.2) is 0 Å². The number of aliphatic hydroxyl groups is 1. The number of hydrogen-bond acceptors (Lipinski definition) is 3. The molecule has 132 valence electrons. The summed E-state index contributed by atoms with van der Waals surface area (Å²) in [6.45, 7) is 1.53. The number of benzene rings is 1. The number of hydrogen-bond donors (Lipinski definition) is 3. The van der Waals surface area contributed by atoms with Crippen LogP contribution in [0.1, 0.15) is 36.8 Å². The maximum Gasteiger partial charge on any atom is 0.416 e. The minimum absolute atomic E-state index is 0.0748. The van der Waals surface area contributed by atoms with Crippen LogP contribution < -0.4 is 10.6 Å². The normalized spacial score (nSPS) is 21.2. The number of halogens is 3. The van der Waals surface area contributed by atoms with Crippen LogP contribution in [0.4, 0.5) is 18.9 Å². The van der Waals surface area contributed by atoms with Crippen molar-refractivity contribution in [2.24, 2.45) is 0 Å². The zero-order chi connectivity index (χ0) is 17.9. The number of carbonyl (C=O) groups excluding carboxylic acids is 2. The average Bonchev–Trinajstić information content (AvgIpc) is 2.50. The Labute approximate surface area is 137 Å². The molecular formula is C16H19F3N2O3. The Morgan fingerprint density at radius 1 is 1.17 bits per heavy atom. The van der Waals surface area contributed by atoms with Gasteiger partial charge in [-0.05, 0) is 37.5 Å². The lowest BCUT2D eigenvalue weighted by Crippen LogP contribution is -2.48. The Kier molecular flexibility index (Phi) is 5.48. The van der Waals surface area contributed by atoms with Crippen LogP contribution in [-0.4, -0.2) is 29.1 Å². The van der Waals surface area contributed by atoms with Crippen molar-refractivity contribution in [3.05, 3.63) is 29.3 Å². The van der Waals surface area contributed by atoms with Crippen molar-refractivity contribution in [3.8, 4) is 0 Å². The third kappa shape index (κ3) is 4.47. The first-order valence-corrected chi connectivity index (χ1v) is 7.66. The number of rotatable bonds is 2. The Hall–Kier alpha value is -2.09. The second-order valence-corrected chi connectivity index (χ2v) is 5.91. The monoisotopic (exact) mass is 344 g/mol. The molecule has 2 unspecified atom stereocenters. The third-order valence-corrected chi connectivity index (χ3v) is 4.07. The molecule has 1 fully saturated rings. The molecule has 3 N–H and O–H groups in total. The minimum atomic E-state index is -4.54. The molecule has 1 aromatic carbocycles. The quantitative estimate of drug-likeness (QED) is 0.721. The molecule has 0 saturated heterocycles. The predicted molar refractivity (Wildman–Crippen MR) is 81.2 cm³/mol. The van der Waals surface area contributed by atoms with Gasteiger partial charge in [0, 0.05) is 5.69 Å². The summed E-state index contributed by atoms with van der Waals surface area (Å²) in [7, 11) is 0. The highest BCUT2D eigenvalue weighted by Crippen LogP contribution is 2.32. The summed E-state index contributed by atoms with van der Waals surface area (Å²) >= 11 is 0. The van der Waals surface area contributed by atoms with Gasteiger partial charge in [0.2, 0.25) is 0 Å². The molecule has 5 nitrogen and oxygen atoms in total. The van der Waals surface area contributed by atoms with E-state index in [-0.39, 0.29) is 5.69 Å². The first kappa shape index (κ1) is 18.3.